The maximum atomic E-state index is 10.0. The van der Waals surface area contributed by atoms with Gasteiger partial charge in [0.05, 0.1) is 11.9 Å². The van der Waals surface area contributed by atoms with Crippen LogP contribution in [0.25, 0.3) is 0 Å². The maximum Gasteiger partial charge on any atom is 2.00 e. The average molecular weight is 345 g/mol. The van der Waals surface area contributed by atoms with Gasteiger partial charge in [0.15, 0.2) is 0 Å². The zero-order chi connectivity index (χ0) is 16.0. The molecule has 0 aliphatic rings. The SMILES string of the molecule is NCCCC[C@H](N)C(=O)[O-].NCCCC[C@H](N)C(=O)[O-].[Mn+2]. The van der Waals surface area contributed by atoms with Crippen molar-refractivity contribution in [2.45, 2.75) is 50.6 Å². The molecule has 0 aliphatic carbocycles. The number of rotatable bonds is 10. The molecule has 0 saturated carbocycles. The molecule has 1 radical (unpaired) electrons. The van der Waals surface area contributed by atoms with E-state index in [1.54, 1.807) is 0 Å². The van der Waals surface area contributed by atoms with E-state index in [9.17, 15) is 19.8 Å². The fourth-order valence-electron chi connectivity index (χ4n) is 1.25. The first-order valence-electron chi connectivity index (χ1n) is 6.69. The van der Waals surface area contributed by atoms with Crippen molar-refractivity contribution in [1.82, 2.24) is 0 Å². The predicted molar refractivity (Wildman–Crippen MR) is 71.8 cm³/mol. The van der Waals surface area contributed by atoms with Gasteiger partial charge in [0.1, 0.15) is 0 Å². The predicted octanol–water partition coefficient (Wildman–Crippen LogP) is -3.62. The molecule has 0 bridgehead atoms. The maximum absolute atomic E-state index is 10.0. The third-order valence-electron chi connectivity index (χ3n) is 2.54. The van der Waals surface area contributed by atoms with E-state index in [4.69, 9.17) is 22.9 Å². The van der Waals surface area contributed by atoms with Crippen molar-refractivity contribution in [3.8, 4) is 0 Å². The van der Waals surface area contributed by atoms with Crippen LogP contribution in [0.3, 0.4) is 0 Å². The van der Waals surface area contributed by atoms with Crippen LogP contribution in [0.2, 0.25) is 0 Å². The average Bonchev–Trinajstić information content (AvgIpc) is 2.39. The van der Waals surface area contributed by atoms with Crippen LogP contribution in [-0.2, 0) is 26.7 Å². The van der Waals surface area contributed by atoms with E-state index >= 15 is 0 Å². The van der Waals surface area contributed by atoms with Gasteiger partial charge in [-0.05, 0) is 38.8 Å². The molecule has 8 nitrogen and oxygen atoms in total. The summed E-state index contributed by atoms with van der Waals surface area (Å²) >= 11 is 0. The Hall–Kier alpha value is -0.701. The monoisotopic (exact) mass is 345 g/mol. The van der Waals surface area contributed by atoms with Crippen molar-refractivity contribution in [2.24, 2.45) is 22.9 Å². The van der Waals surface area contributed by atoms with Crippen LogP contribution < -0.4 is 33.1 Å². The molecule has 9 heteroatoms. The van der Waals surface area contributed by atoms with Crippen LogP contribution in [0.4, 0.5) is 0 Å². The third kappa shape index (κ3) is 19.3. The zero-order valence-corrected chi connectivity index (χ0v) is 13.3. The quantitative estimate of drug-likeness (QED) is 0.231. The Morgan fingerprint density at radius 3 is 1.24 bits per heavy atom. The number of nitrogens with two attached hydrogens (primary N) is 4. The molecule has 0 aromatic carbocycles. The fourth-order valence-corrected chi connectivity index (χ4v) is 1.25. The van der Waals surface area contributed by atoms with Crippen LogP contribution in [0, 0.1) is 0 Å². The normalized spacial score (nSPS) is 12.4. The number of carboxylic acid groups (broad SMARTS) is 2. The summed E-state index contributed by atoms with van der Waals surface area (Å²) < 4.78 is 0. The van der Waals surface area contributed by atoms with E-state index in [1.807, 2.05) is 0 Å². The molecule has 8 N–H and O–H groups in total. The molecule has 0 aromatic rings. The number of aliphatic carboxylic acids is 2. The standard InChI is InChI=1S/2C6H14N2O2.Mn/c2*7-4-2-1-3-5(8)6(9)10;/h2*5H,1-4,7-8H2,(H,9,10);/q;;+2/p-2/t2*5-;/m00./s1. The summed E-state index contributed by atoms with van der Waals surface area (Å²) in [6.07, 6.45) is 4.07. The van der Waals surface area contributed by atoms with Crippen LogP contribution in [0.1, 0.15) is 38.5 Å². The second-order valence-corrected chi connectivity index (χ2v) is 4.42. The van der Waals surface area contributed by atoms with Crippen LogP contribution >= 0.6 is 0 Å². The Bertz CT molecular complexity index is 244. The van der Waals surface area contributed by atoms with Crippen LogP contribution in [0.5, 0.6) is 0 Å². The summed E-state index contributed by atoms with van der Waals surface area (Å²) in [6.45, 7) is 1.17. The summed E-state index contributed by atoms with van der Waals surface area (Å²) in [6, 6.07) is -1.65. The number of carbonyl (C=O) groups excluding carboxylic acids is 2. The van der Waals surface area contributed by atoms with Gasteiger partial charge in [-0.3, -0.25) is 0 Å². The number of hydrogen-bond donors (Lipinski definition) is 4. The second-order valence-electron chi connectivity index (χ2n) is 4.42. The number of hydrogen-bond acceptors (Lipinski definition) is 8. The number of unbranched alkanes of at least 4 members (excludes halogenated alkanes) is 2. The van der Waals surface area contributed by atoms with E-state index in [0.29, 0.717) is 25.9 Å². The summed E-state index contributed by atoms with van der Waals surface area (Å²) in [5, 5.41) is 20.1. The number of carboxylic acids is 2. The largest absolute Gasteiger partial charge is 2.00 e. The Balaban J connectivity index is -0.000000295. The first-order valence-corrected chi connectivity index (χ1v) is 6.69. The van der Waals surface area contributed by atoms with Gasteiger partial charge in [0, 0.05) is 12.1 Å². The fraction of sp³-hybridized carbons (Fsp3) is 0.833. The number of carbonyl (C=O) groups is 2. The summed E-state index contributed by atoms with van der Waals surface area (Å²) in [5.74, 6) is -2.37. The van der Waals surface area contributed by atoms with Crippen LogP contribution in [0.15, 0.2) is 0 Å². The van der Waals surface area contributed by atoms with Gasteiger partial charge < -0.3 is 42.7 Å². The van der Waals surface area contributed by atoms with Crippen molar-refractivity contribution in [1.29, 1.82) is 0 Å². The van der Waals surface area contributed by atoms with E-state index < -0.39 is 24.0 Å². The van der Waals surface area contributed by atoms with E-state index in [-0.39, 0.29) is 17.1 Å². The van der Waals surface area contributed by atoms with Gasteiger partial charge in [-0.25, -0.2) is 0 Å². The summed E-state index contributed by atoms with van der Waals surface area (Å²) in [5.41, 5.74) is 20.7. The van der Waals surface area contributed by atoms with Gasteiger partial charge in [0.25, 0.3) is 0 Å². The summed E-state index contributed by atoms with van der Waals surface area (Å²) in [7, 11) is 0. The Kier molecular flexibility index (Phi) is 20.9. The smallest absolute Gasteiger partial charge is 0.548 e. The molecule has 0 unspecified atom stereocenters. The molecular formula is C12H26MnN4O4. The van der Waals surface area contributed by atoms with Gasteiger partial charge in [-0.15, -0.1) is 0 Å². The van der Waals surface area contributed by atoms with Crippen molar-refractivity contribution in [3.63, 3.8) is 0 Å². The van der Waals surface area contributed by atoms with Crippen molar-refractivity contribution >= 4 is 11.9 Å². The van der Waals surface area contributed by atoms with Gasteiger partial charge in [-0.2, -0.15) is 0 Å². The molecule has 2 atom stereocenters. The Labute approximate surface area is 136 Å². The second kappa shape index (κ2) is 17.4. The topological polar surface area (TPSA) is 184 Å². The van der Waals surface area contributed by atoms with Gasteiger partial charge in [-0.1, -0.05) is 12.8 Å². The van der Waals surface area contributed by atoms with Gasteiger partial charge in [0.2, 0.25) is 0 Å². The van der Waals surface area contributed by atoms with E-state index in [1.165, 1.54) is 0 Å². The first kappa shape index (κ1) is 25.3. The van der Waals surface area contributed by atoms with Gasteiger partial charge >= 0.3 is 17.1 Å². The molecule has 0 amide bonds. The molecule has 0 spiro atoms. The first-order chi connectivity index (χ1) is 9.36. The van der Waals surface area contributed by atoms with E-state index in [2.05, 4.69) is 0 Å². The minimum absolute atomic E-state index is 0. The molecular weight excluding hydrogens is 319 g/mol. The molecule has 0 heterocycles. The van der Waals surface area contributed by atoms with Crippen LogP contribution in [-0.4, -0.2) is 37.1 Å². The Morgan fingerprint density at radius 1 is 0.762 bits per heavy atom. The molecule has 21 heavy (non-hydrogen) atoms. The van der Waals surface area contributed by atoms with Crippen molar-refractivity contribution in [3.05, 3.63) is 0 Å². The Morgan fingerprint density at radius 2 is 1.05 bits per heavy atom. The molecule has 0 rings (SSSR count). The third-order valence-corrected chi connectivity index (χ3v) is 2.54. The minimum Gasteiger partial charge on any atom is -0.548 e. The molecule has 125 valence electrons. The van der Waals surface area contributed by atoms with E-state index in [0.717, 1.165) is 25.7 Å². The molecule has 0 saturated heterocycles. The molecule has 0 aliphatic heterocycles. The zero-order valence-electron chi connectivity index (χ0n) is 12.1. The minimum atomic E-state index is -1.18. The van der Waals surface area contributed by atoms with Crippen molar-refractivity contribution in [2.75, 3.05) is 13.1 Å². The summed E-state index contributed by atoms with van der Waals surface area (Å²) in [4.78, 5) is 20.1. The van der Waals surface area contributed by atoms with Crippen molar-refractivity contribution < 1.29 is 36.9 Å². The molecule has 0 fully saturated rings. The molecule has 0 aromatic heterocycles.